The number of rotatable bonds is 5. The van der Waals surface area contributed by atoms with Crippen molar-refractivity contribution < 1.29 is 4.39 Å². The quantitative estimate of drug-likeness (QED) is 0.799. The van der Waals surface area contributed by atoms with Crippen LogP contribution in [0.15, 0.2) is 35.7 Å². The van der Waals surface area contributed by atoms with Crippen LogP contribution in [0.4, 0.5) is 4.39 Å². The molecule has 1 atom stereocenters. The molecule has 0 radical (unpaired) electrons. The van der Waals surface area contributed by atoms with E-state index in [1.807, 2.05) is 30.4 Å². The molecule has 112 valence electrons. The highest BCUT2D eigenvalue weighted by Crippen LogP contribution is 2.37. The highest BCUT2D eigenvalue weighted by molar-refractivity contribution is 7.10. The number of nitrogens with one attached hydrogen (secondary N) is 1. The minimum atomic E-state index is -0.121. The maximum Gasteiger partial charge on any atom is 0.126 e. The second kappa shape index (κ2) is 6.71. The van der Waals surface area contributed by atoms with Crippen molar-refractivity contribution in [3.63, 3.8) is 0 Å². The van der Waals surface area contributed by atoms with Gasteiger partial charge in [0, 0.05) is 17.5 Å². The third-order valence-corrected chi connectivity index (χ3v) is 5.42. The van der Waals surface area contributed by atoms with Gasteiger partial charge in [0.2, 0.25) is 0 Å². The predicted octanol–water partition coefficient (Wildman–Crippen LogP) is 5.22. The predicted molar refractivity (Wildman–Crippen MR) is 87.0 cm³/mol. The fourth-order valence-electron chi connectivity index (χ4n) is 3.30. The first-order valence-electron chi connectivity index (χ1n) is 7.76. The van der Waals surface area contributed by atoms with Gasteiger partial charge in [-0.05, 0) is 54.3 Å². The highest BCUT2D eigenvalue weighted by atomic mass is 32.1. The lowest BCUT2D eigenvalue weighted by Crippen LogP contribution is -2.26. The average molecular weight is 303 g/mol. The molecule has 3 rings (SSSR count). The van der Waals surface area contributed by atoms with E-state index in [0.29, 0.717) is 6.04 Å². The number of hydrogen-bond acceptors (Lipinski definition) is 2. The van der Waals surface area contributed by atoms with E-state index in [9.17, 15) is 4.39 Å². The molecule has 1 N–H and O–H groups in total. The zero-order valence-electron chi connectivity index (χ0n) is 12.4. The Morgan fingerprint density at radius 2 is 2.10 bits per heavy atom. The van der Waals surface area contributed by atoms with Crippen LogP contribution in [-0.4, -0.2) is 0 Å². The Labute approximate surface area is 130 Å². The van der Waals surface area contributed by atoms with Crippen molar-refractivity contribution in [1.29, 1.82) is 0 Å². The minimum Gasteiger partial charge on any atom is -0.305 e. The lowest BCUT2D eigenvalue weighted by molar-refractivity contribution is 0.371. The van der Waals surface area contributed by atoms with E-state index in [1.54, 1.807) is 6.07 Å². The van der Waals surface area contributed by atoms with Crippen molar-refractivity contribution >= 4 is 11.3 Å². The van der Waals surface area contributed by atoms with Gasteiger partial charge in [0.1, 0.15) is 5.82 Å². The summed E-state index contributed by atoms with van der Waals surface area (Å²) in [5, 5.41) is 5.87. The van der Waals surface area contributed by atoms with Crippen molar-refractivity contribution in [2.75, 3.05) is 0 Å². The fourth-order valence-corrected chi connectivity index (χ4v) is 4.20. The second-order valence-corrected chi connectivity index (χ2v) is 6.98. The molecule has 3 heteroatoms. The molecule has 1 unspecified atom stereocenters. The van der Waals surface area contributed by atoms with Gasteiger partial charge in [-0.3, -0.25) is 0 Å². The van der Waals surface area contributed by atoms with E-state index >= 15 is 0 Å². The molecule has 1 heterocycles. The molecule has 0 spiro atoms. The lowest BCUT2D eigenvalue weighted by atomic mass is 9.96. The summed E-state index contributed by atoms with van der Waals surface area (Å²) >= 11 is 1.84. The first kappa shape index (κ1) is 14.7. The summed E-state index contributed by atoms with van der Waals surface area (Å²) < 4.78 is 13.3. The van der Waals surface area contributed by atoms with Crippen LogP contribution in [0, 0.1) is 18.7 Å². The molecular weight excluding hydrogens is 281 g/mol. The number of aryl methyl sites for hydroxylation is 1. The van der Waals surface area contributed by atoms with Gasteiger partial charge in [0.05, 0.1) is 0 Å². The van der Waals surface area contributed by atoms with E-state index < -0.39 is 0 Å². The smallest absolute Gasteiger partial charge is 0.126 e. The number of hydrogen-bond donors (Lipinski definition) is 1. The molecule has 1 fully saturated rings. The molecule has 0 amide bonds. The Bertz CT molecular complexity index is 573. The standard InChI is InChI=1S/C18H22FNS/c1-13-11-14(8-9-16(13)19)12-20-18(15-5-2-3-6-15)17-7-4-10-21-17/h4,7-11,15,18,20H,2-3,5-6,12H2,1H3. The van der Waals surface area contributed by atoms with Crippen molar-refractivity contribution in [3.05, 3.63) is 57.5 Å². The average Bonchev–Trinajstić information content (AvgIpc) is 3.16. The van der Waals surface area contributed by atoms with E-state index in [2.05, 4.69) is 22.8 Å². The van der Waals surface area contributed by atoms with Gasteiger partial charge in [-0.2, -0.15) is 0 Å². The zero-order valence-corrected chi connectivity index (χ0v) is 13.3. The van der Waals surface area contributed by atoms with Crippen LogP contribution in [-0.2, 0) is 6.54 Å². The van der Waals surface area contributed by atoms with Gasteiger partial charge in [-0.1, -0.05) is 31.0 Å². The molecule has 0 saturated heterocycles. The topological polar surface area (TPSA) is 12.0 Å². The van der Waals surface area contributed by atoms with Crippen LogP contribution in [0.1, 0.15) is 47.7 Å². The van der Waals surface area contributed by atoms with Crippen LogP contribution >= 0.6 is 11.3 Å². The number of thiophene rings is 1. The summed E-state index contributed by atoms with van der Waals surface area (Å²) in [6.45, 7) is 2.63. The molecule has 1 aliphatic carbocycles. The maximum atomic E-state index is 13.3. The fraction of sp³-hybridized carbons (Fsp3) is 0.444. The zero-order chi connectivity index (χ0) is 14.7. The van der Waals surface area contributed by atoms with Crippen LogP contribution in [0.25, 0.3) is 0 Å². The number of halogens is 1. The van der Waals surface area contributed by atoms with Gasteiger partial charge < -0.3 is 5.32 Å². The molecule has 1 aromatic heterocycles. The third-order valence-electron chi connectivity index (χ3n) is 4.47. The summed E-state index contributed by atoms with van der Waals surface area (Å²) in [5.41, 5.74) is 1.89. The van der Waals surface area contributed by atoms with E-state index in [1.165, 1.54) is 30.6 Å². The van der Waals surface area contributed by atoms with Crippen molar-refractivity contribution in [2.45, 2.75) is 45.2 Å². The Morgan fingerprint density at radius 3 is 2.76 bits per heavy atom. The van der Waals surface area contributed by atoms with Crippen molar-refractivity contribution in [2.24, 2.45) is 5.92 Å². The summed E-state index contributed by atoms with van der Waals surface area (Å²) in [6, 6.07) is 10.2. The monoisotopic (exact) mass is 303 g/mol. The third kappa shape index (κ3) is 3.53. The Hall–Kier alpha value is -1.19. The van der Waals surface area contributed by atoms with Gasteiger partial charge in [-0.15, -0.1) is 11.3 Å². The Morgan fingerprint density at radius 1 is 1.29 bits per heavy atom. The first-order chi connectivity index (χ1) is 10.2. The normalized spacial score (nSPS) is 17.2. The van der Waals surface area contributed by atoms with Crippen LogP contribution < -0.4 is 5.32 Å². The molecule has 0 aliphatic heterocycles. The van der Waals surface area contributed by atoms with Crippen molar-refractivity contribution in [3.8, 4) is 0 Å². The Kier molecular flexibility index (Phi) is 4.71. The molecular formula is C18H22FNS. The largest absolute Gasteiger partial charge is 0.305 e. The molecule has 1 nitrogen and oxygen atoms in total. The first-order valence-corrected chi connectivity index (χ1v) is 8.64. The molecule has 1 aliphatic rings. The molecule has 0 bridgehead atoms. The van der Waals surface area contributed by atoms with Gasteiger partial charge in [0.15, 0.2) is 0 Å². The molecule has 1 aromatic carbocycles. The minimum absolute atomic E-state index is 0.121. The molecule has 2 aromatic rings. The Balaban J connectivity index is 1.71. The maximum absolute atomic E-state index is 13.3. The van der Waals surface area contributed by atoms with Crippen molar-refractivity contribution in [1.82, 2.24) is 5.32 Å². The summed E-state index contributed by atoms with van der Waals surface area (Å²) in [4.78, 5) is 1.43. The van der Waals surface area contributed by atoms with Gasteiger partial charge in [0.25, 0.3) is 0 Å². The number of benzene rings is 1. The van der Waals surface area contributed by atoms with Crippen LogP contribution in [0.5, 0.6) is 0 Å². The SMILES string of the molecule is Cc1cc(CNC(c2cccs2)C2CCCC2)ccc1F. The summed E-state index contributed by atoms with van der Waals surface area (Å²) in [6.07, 6.45) is 5.34. The van der Waals surface area contributed by atoms with Gasteiger partial charge >= 0.3 is 0 Å². The van der Waals surface area contributed by atoms with E-state index in [0.717, 1.165) is 23.6 Å². The summed E-state index contributed by atoms with van der Waals surface area (Å²) in [7, 11) is 0. The second-order valence-electron chi connectivity index (χ2n) is 6.00. The molecule has 21 heavy (non-hydrogen) atoms. The lowest BCUT2D eigenvalue weighted by Gasteiger charge is -2.24. The summed E-state index contributed by atoms with van der Waals surface area (Å²) in [5.74, 6) is 0.620. The highest BCUT2D eigenvalue weighted by Gasteiger charge is 2.26. The van der Waals surface area contributed by atoms with Crippen LogP contribution in [0.2, 0.25) is 0 Å². The molecule has 1 saturated carbocycles. The van der Waals surface area contributed by atoms with Gasteiger partial charge in [-0.25, -0.2) is 4.39 Å². The van der Waals surface area contributed by atoms with E-state index in [4.69, 9.17) is 0 Å². The van der Waals surface area contributed by atoms with Crippen LogP contribution in [0.3, 0.4) is 0 Å². The van der Waals surface area contributed by atoms with E-state index in [-0.39, 0.29) is 5.82 Å².